The standard InChI is InChI=1S/C50H58N8O5/c1-4-32-27-38-39(50(2,3)47-45(46(38)61)37-12-10-31(29-51)25-40(37)53-47)28-42(32)56-19-16-35(17-20-56)55-21-23-57(24-22-55)44(60)9-7-5-6-8-18-52-34-11-13-36-33(26-34)30-58(49(36)63)41-14-15-43(59)54-48(41)62/h10-13,25-28,35,41,52-53H,4-9,14-24,30H2,1-3H3,(H,54,59,62). The zero-order valence-corrected chi connectivity index (χ0v) is 36.8. The van der Waals surface area contributed by atoms with E-state index in [1.54, 1.807) is 11.0 Å². The Bertz CT molecular complexity index is 2540. The van der Waals surface area contributed by atoms with Crippen molar-refractivity contribution in [2.24, 2.45) is 0 Å². The average Bonchev–Trinajstić information content (AvgIpc) is 3.85. The zero-order valence-electron chi connectivity index (χ0n) is 36.8. The highest BCUT2D eigenvalue weighted by molar-refractivity contribution is 6.20. The van der Waals surface area contributed by atoms with Crippen LogP contribution in [-0.2, 0) is 32.8 Å². The number of anilines is 2. The summed E-state index contributed by atoms with van der Waals surface area (Å²) in [4.78, 5) is 76.5. The van der Waals surface area contributed by atoms with Crippen LogP contribution in [0.5, 0.6) is 0 Å². The van der Waals surface area contributed by atoms with Crippen LogP contribution in [0.25, 0.3) is 10.9 Å². The molecule has 63 heavy (non-hydrogen) atoms. The lowest BCUT2D eigenvalue weighted by molar-refractivity contribution is -0.137. The molecule has 0 bridgehead atoms. The van der Waals surface area contributed by atoms with Gasteiger partial charge in [-0.15, -0.1) is 0 Å². The van der Waals surface area contributed by atoms with Gasteiger partial charge in [0.1, 0.15) is 6.04 Å². The Morgan fingerprint density at radius 3 is 2.41 bits per heavy atom. The first-order chi connectivity index (χ1) is 30.4. The molecule has 1 aromatic heterocycles. The number of fused-ring (bicyclic) bond motifs is 5. The molecule has 4 aliphatic heterocycles. The van der Waals surface area contributed by atoms with Crippen LogP contribution >= 0.6 is 0 Å². The third-order valence-electron chi connectivity index (χ3n) is 14.5. The van der Waals surface area contributed by atoms with Crippen molar-refractivity contribution in [3.8, 4) is 6.07 Å². The normalized spacial score (nSPS) is 20.1. The molecule has 0 spiro atoms. The highest BCUT2D eigenvalue weighted by Crippen LogP contribution is 2.46. The number of piperidine rings is 2. The van der Waals surface area contributed by atoms with Crippen molar-refractivity contribution in [1.82, 2.24) is 25.0 Å². The molecule has 328 valence electrons. The number of nitrogens with zero attached hydrogens (tertiary/aromatic N) is 5. The number of aromatic nitrogens is 1. The van der Waals surface area contributed by atoms with Gasteiger partial charge in [-0.25, -0.2) is 0 Å². The molecule has 0 radical (unpaired) electrons. The molecule has 4 amide bonds. The topological polar surface area (TPSA) is 162 Å². The van der Waals surface area contributed by atoms with Crippen molar-refractivity contribution in [2.75, 3.05) is 56.0 Å². The highest BCUT2D eigenvalue weighted by Gasteiger charge is 2.42. The first kappa shape index (κ1) is 42.3. The number of hydrogen-bond acceptors (Lipinski definition) is 9. The van der Waals surface area contributed by atoms with E-state index in [4.69, 9.17) is 0 Å². The molecule has 1 unspecified atom stereocenters. The number of piperazine rings is 1. The Morgan fingerprint density at radius 2 is 1.67 bits per heavy atom. The number of amides is 4. The molecular formula is C50H58N8O5. The molecule has 1 atom stereocenters. The molecule has 3 aromatic carbocycles. The highest BCUT2D eigenvalue weighted by atomic mass is 16.2. The van der Waals surface area contributed by atoms with Gasteiger partial charge in [0.05, 0.1) is 17.2 Å². The van der Waals surface area contributed by atoms with Crippen LogP contribution in [0, 0.1) is 11.3 Å². The maximum atomic E-state index is 14.1. The number of carbonyl (C=O) groups is 5. The van der Waals surface area contributed by atoms with Crippen LogP contribution in [-0.4, -0.2) is 107 Å². The van der Waals surface area contributed by atoms with Gasteiger partial charge >= 0.3 is 0 Å². The Labute approximate surface area is 369 Å². The SMILES string of the molecule is CCc1cc2c(cc1N1CCC(N3CCN(C(=O)CCCCCCNc4ccc5c(c4)CN(C4CCC(=O)NC4=O)C5=O)CC3)CC1)C(C)(C)c1[nH]c3cc(C#N)ccc3c1C2=O. The number of hydrogen-bond donors (Lipinski definition) is 3. The van der Waals surface area contributed by atoms with Crippen molar-refractivity contribution in [3.63, 3.8) is 0 Å². The van der Waals surface area contributed by atoms with Gasteiger partial charge in [0.25, 0.3) is 5.91 Å². The summed E-state index contributed by atoms with van der Waals surface area (Å²) in [6, 6.07) is 17.8. The quantitative estimate of drug-likeness (QED) is 0.108. The number of nitrogens with one attached hydrogen (secondary N) is 3. The number of benzene rings is 3. The predicted octanol–water partition coefficient (Wildman–Crippen LogP) is 6.41. The lowest BCUT2D eigenvalue weighted by atomic mass is 9.70. The first-order valence-corrected chi connectivity index (χ1v) is 23.0. The summed E-state index contributed by atoms with van der Waals surface area (Å²) in [5, 5.41) is 16.2. The smallest absolute Gasteiger partial charge is 0.255 e. The number of rotatable bonds is 12. The van der Waals surface area contributed by atoms with Gasteiger partial charge in [0.15, 0.2) is 5.78 Å². The molecule has 9 rings (SSSR count). The molecule has 3 fully saturated rings. The van der Waals surface area contributed by atoms with Gasteiger partial charge in [-0.3, -0.25) is 34.2 Å². The number of carbonyl (C=O) groups excluding carboxylic acids is 5. The summed E-state index contributed by atoms with van der Waals surface area (Å²) in [5.74, 6) is -0.545. The number of aryl methyl sites for hydroxylation is 1. The minimum atomic E-state index is -0.613. The van der Waals surface area contributed by atoms with Gasteiger partial charge in [0.2, 0.25) is 17.7 Å². The summed E-state index contributed by atoms with van der Waals surface area (Å²) in [7, 11) is 0. The molecule has 13 heteroatoms. The Hall–Kier alpha value is -6.00. The lowest BCUT2D eigenvalue weighted by Gasteiger charge is -2.44. The Morgan fingerprint density at radius 1 is 0.889 bits per heavy atom. The van der Waals surface area contributed by atoms with Crippen molar-refractivity contribution in [3.05, 3.63) is 93.2 Å². The minimum Gasteiger partial charge on any atom is -0.385 e. The van der Waals surface area contributed by atoms with Crippen molar-refractivity contribution in [1.29, 1.82) is 5.26 Å². The van der Waals surface area contributed by atoms with Crippen LogP contribution in [0.15, 0.2) is 48.5 Å². The van der Waals surface area contributed by atoms with Gasteiger partial charge in [-0.1, -0.05) is 39.7 Å². The average molecular weight is 851 g/mol. The molecule has 5 aliphatic rings. The monoisotopic (exact) mass is 850 g/mol. The summed E-state index contributed by atoms with van der Waals surface area (Å²) in [6.07, 6.45) is 8.03. The molecule has 1 aliphatic carbocycles. The summed E-state index contributed by atoms with van der Waals surface area (Å²) in [5.41, 5.74) is 9.33. The van der Waals surface area contributed by atoms with Gasteiger partial charge in [-0.05, 0) is 97.7 Å². The number of nitriles is 1. The fraction of sp³-hybridized carbons (Fsp3) is 0.480. The predicted molar refractivity (Wildman–Crippen MR) is 242 cm³/mol. The molecule has 13 nitrogen and oxygen atoms in total. The van der Waals surface area contributed by atoms with E-state index in [0.717, 1.165) is 135 Å². The summed E-state index contributed by atoms with van der Waals surface area (Å²) < 4.78 is 0. The number of ketones is 1. The lowest BCUT2D eigenvalue weighted by Crippen LogP contribution is -2.54. The van der Waals surface area contributed by atoms with Crippen molar-refractivity contribution in [2.45, 2.75) is 109 Å². The van der Waals surface area contributed by atoms with Crippen LogP contribution in [0.2, 0.25) is 0 Å². The Balaban J connectivity index is 0.701. The van der Waals surface area contributed by atoms with E-state index in [0.29, 0.717) is 36.6 Å². The second-order valence-corrected chi connectivity index (χ2v) is 18.6. The van der Waals surface area contributed by atoms with Crippen LogP contribution in [0.1, 0.15) is 133 Å². The number of H-pyrrole nitrogens is 1. The van der Waals surface area contributed by atoms with Crippen molar-refractivity contribution < 1.29 is 24.0 Å². The maximum absolute atomic E-state index is 14.1. The van der Waals surface area contributed by atoms with E-state index < -0.39 is 17.4 Å². The summed E-state index contributed by atoms with van der Waals surface area (Å²) >= 11 is 0. The second-order valence-electron chi connectivity index (χ2n) is 18.6. The minimum absolute atomic E-state index is 0.0510. The largest absolute Gasteiger partial charge is 0.385 e. The van der Waals surface area contributed by atoms with E-state index in [1.807, 2.05) is 30.3 Å². The van der Waals surface area contributed by atoms with Gasteiger partial charge < -0.3 is 25.0 Å². The van der Waals surface area contributed by atoms with E-state index >= 15 is 0 Å². The molecule has 4 aromatic rings. The van der Waals surface area contributed by atoms with Crippen LogP contribution < -0.4 is 15.5 Å². The van der Waals surface area contributed by atoms with E-state index in [1.165, 1.54) is 11.3 Å². The van der Waals surface area contributed by atoms with Gasteiger partial charge in [0, 0.05) is 116 Å². The second kappa shape index (κ2) is 17.3. The van der Waals surface area contributed by atoms with Crippen LogP contribution in [0.3, 0.4) is 0 Å². The number of aromatic amines is 1. The zero-order chi connectivity index (χ0) is 44.0. The van der Waals surface area contributed by atoms with Gasteiger partial charge in [-0.2, -0.15) is 5.26 Å². The molecule has 3 saturated heterocycles. The molecule has 0 saturated carbocycles. The van der Waals surface area contributed by atoms with E-state index in [-0.39, 0.29) is 29.9 Å². The number of imide groups is 1. The Kier molecular flexibility index (Phi) is 11.6. The van der Waals surface area contributed by atoms with E-state index in [9.17, 15) is 29.2 Å². The molecule has 3 N–H and O–H groups in total. The van der Waals surface area contributed by atoms with Crippen LogP contribution in [0.4, 0.5) is 11.4 Å². The van der Waals surface area contributed by atoms with E-state index in [2.05, 4.69) is 69.3 Å². The fourth-order valence-corrected chi connectivity index (χ4v) is 10.8. The van der Waals surface area contributed by atoms with Crippen molar-refractivity contribution >= 4 is 51.7 Å². The molecule has 5 heterocycles. The number of unbranched alkanes of at least 4 members (excludes halogenated alkanes) is 3. The first-order valence-electron chi connectivity index (χ1n) is 23.0. The molecular weight excluding hydrogens is 793 g/mol. The third kappa shape index (κ3) is 7.99. The summed E-state index contributed by atoms with van der Waals surface area (Å²) in [6.45, 7) is 13.0. The maximum Gasteiger partial charge on any atom is 0.255 e. The fourth-order valence-electron chi connectivity index (χ4n) is 10.8. The third-order valence-corrected chi connectivity index (χ3v) is 14.5.